The summed E-state index contributed by atoms with van der Waals surface area (Å²) < 4.78 is 4.94. The predicted molar refractivity (Wildman–Crippen MR) is 203 cm³/mol. The Labute approximate surface area is 302 Å². The van der Waals surface area contributed by atoms with Crippen molar-refractivity contribution in [3.8, 4) is 11.1 Å². The van der Waals surface area contributed by atoms with Crippen LogP contribution in [0.4, 0.5) is 0 Å². The van der Waals surface area contributed by atoms with Gasteiger partial charge in [-0.05, 0) is 132 Å². The number of carbonyl (C=O) groups is 2. The number of carboxylic acid groups (broad SMARTS) is 1. The Balaban J connectivity index is 0.000000808. The van der Waals surface area contributed by atoms with E-state index in [4.69, 9.17) is 21.3 Å². The van der Waals surface area contributed by atoms with Gasteiger partial charge in [0.15, 0.2) is 0 Å². The average molecular weight is 695 g/mol. The largest absolute Gasteiger partial charge is 0.481 e. The van der Waals surface area contributed by atoms with Gasteiger partial charge in [0.2, 0.25) is 0 Å². The number of hydrogen-bond donors (Lipinski definition) is 1. The molecule has 4 aliphatic rings. The topological polar surface area (TPSA) is 79.7 Å². The zero-order valence-corrected chi connectivity index (χ0v) is 31.4. The summed E-state index contributed by atoms with van der Waals surface area (Å²) in [6.07, 6.45) is 11.5. The first-order valence-corrected chi connectivity index (χ1v) is 18.5. The fourth-order valence-electron chi connectivity index (χ4n) is 8.07. The maximum atomic E-state index is 11.9. The molecule has 1 atom stereocenters. The highest BCUT2D eigenvalue weighted by molar-refractivity contribution is 6.30. The first-order chi connectivity index (χ1) is 23.7. The first kappa shape index (κ1) is 36.1. The third-order valence-electron chi connectivity index (χ3n) is 10.6. The molecule has 1 N–H and O–H groups in total. The lowest BCUT2D eigenvalue weighted by molar-refractivity contribution is -0.151. The van der Waals surface area contributed by atoms with E-state index in [1.165, 1.54) is 23.8 Å². The van der Waals surface area contributed by atoms with Crippen molar-refractivity contribution < 1.29 is 19.4 Å². The van der Waals surface area contributed by atoms with Gasteiger partial charge in [0, 0.05) is 28.7 Å². The van der Waals surface area contributed by atoms with Crippen molar-refractivity contribution in [2.45, 2.75) is 92.0 Å². The highest BCUT2D eigenvalue weighted by Gasteiger charge is 2.40. The number of pyridine rings is 1. The van der Waals surface area contributed by atoms with Gasteiger partial charge in [0.25, 0.3) is 0 Å². The predicted octanol–water partition coefficient (Wildman–Crippen LogP) is 9.65. The summed E-state index contributed by atoms with van der Waals surface area (Å²) in [5.74, 6) is -0.0327. The number of methoxy groups -OCH3 is 1. The van der Waals surface area contributed by atoms with Crippen LogP contribution in [0.3, 0.4) is 0 Å². The third-order valence-corrected chi connectivity index (χ3v) is 10.8. The lowest BCUT2D eigenvalue weighted by atomic mass is 9.77. The molecule has 0 bridgehead atoms. The molecule has 2 fully saturated rings. The molecule has 3 aliphatic carbocycles. The number of hydrogen-bond acceptors (Lipinski definition) is 5. The van der Waals surface area contributed by atoms with E-state index in [0.717, 1.165) is 89.8 Å². The van der Waals surface area contributed by atoms with E-state index in [9.17, 15) is 14.7 Å². The number of halogens is 1. The summed E-state index contributed by atoms with van der Waals surface area (Å²) >= 11 is 6.22. The average Bonchev–Trinajstić information content (AvgIpc) is 3.61. The highest BCUT2D eigenvalue weighted by Crippen LogP contribution is 2.46. The number of piperidine rings is 1. The molecule has 7 heteroatoms. The van der Waals surface area contributed by atoms with Gasteiger partial charge in [0.05, 0.1) is 25.1 Å². The van der Waals surface area contributed by atoms with Gasteiger partial charge >= 0.3 is 11.9 Å². The van der Waals surface area contributed by atoms with Crippen molar-refractivity contribution in [1.29, 1.82) is 0 Å². The molecule has 264 valence electrons. The van der Waals surface area contributed by atoms with E-state index in [1.54, 1.807) is 0 Å². The fraction of sp³-hybridized carbons (Fsp3) is 0.465. The zero-order valence-electron chi connectivity index (χ0n) is 30.6. The van der Waals surface area contributed by atoms with Crippen molar-refractivity contribution in [2.75, 3.05) is 20.2 Å². The van der Waals surface area contributed by atoms with Crippen LogP contribution in [0.25, 0.3) is 28.3 Å². The molecule has 1 saturated carbocycles. The summed E-state index contributed by atoms with van der Waals surface area (Å²) in [4.78, 5) is 31.3. The number of aromatic nitrogens is 1. The van der Waals surface area contributed by atoms with Gasteiger partial charge in [-0.25, -0.2) is 0 Å². The molecule has 1 aromatic heterocycles. The monoisotopic (exact) mass is 694 g/mol. The van der Waals surface area contributed by atoms with Gasteiger partial charge < -0.3 is 14.7 Å². The molecule has 2 aromatic carbocycles. The second-order valence-corrected chi connectivity index (χ2v) is 16.7. The second kappa shape index (κ2) is 14.5. The minimum Gasteiger partial charge on any atom is -0.481 e. The number of carboxylic acids is 1. The van der Waals surface area contributed by atoms with Gasteiger partial charge in [0.1, 0.15) is 0 Å². The van der Waals surface area contributed by atoms with Crippen LogP contribution >= 0.6 is 11.6 Å². The quantitative estimate of drug-likeness (QED) is 0.248. The number of ether oxygens (including phenoxy) is 1. The number of carbonyl (C=O) groups excluding carboxylic acids is 1. The Bertz CT molecular complexity index is 1830. The van der Waals surface area contributed by atoms with Crippen LogP contribution in [-0.4, -0.2) is 53.2 Å². The minimum absolute atomic E-state index is 0.0235. The van der Waals surface area contributed by atoms with E-state index in [2.05, 4.69) is 63.8 Å². The van der Waals surface area contributed by atoms with Crippen LogP contribution in [0.5, 0.6) is 0 Å². The molecule has 1 aliphatic heterocycles. The lowest BCUT2D eigenvalue weighted by Gasteiger charge is -2.45. The van der Waals surface area contributed by atoms with Crippen molar-refractivity contribution in [3.63, 3.8) is 0 Å². The van der Waals surface area contributed by atoms with Crippen molar-refractivity contribution in [1.82, 2.24) is 9.88 Å². The molecular weight excluding hydrogens is 644 g/mol. The number of aryl methyl sites for hydroxylation is 1. The van der Waals surface area contributed by atoms with E-state index >= 15 is 0 Å². The number of esters is 1. The molecule has 7 rings (SSSR count). The molecule has 6 nitrogen and oxygen atoms in total. The van der Waals surface area contributed by atoms with Crippen LogP contribution < -0.4 is 0 Å². The Hall–Kier alpha value is -3.74. The summed E-state index contributed by atoms with van der Waals surface area (Å²) in [5, 5.41) is 10.4. The number of likely N-dealkylation sites (tertiary alicyclic amines) is 1. The van der Waals surface area contributed by atoms with E-state index in [1.807, 2.05) is 37.4 Å². The van der Waals surface area contributed by atoms with Crippen LogP contribution in [0.1, 0.15) is 105 Å². The third kappa shape index (κ3) is 7.77. The van der Waals surface area contributed by atoms with Crippen LogP contribution in [0, 0.1) is 24.2 Å². The smallest absolute Gasteiger partial charge is 0.308 e. The van der Waals surface area contributed by atoms with Crippen LogP contribution in [0.15, 0.2) is 48.7 Å². The van der Waals surface area contributed by atoms with Gasteiger partial charge in [-0.3, -0.25) is 14.6 Å². The van der Waals surface area contributed by atoms with Crippen LogP contribution in [0.2, 0.25) is 5.02 Å². The number of nitrogens with zero attached hydrogens (tertiary/aromatic N) is 2. The molecule has 0 spiro atoms. The lowest BCUT2D eigenvalue weighted by Crippen LogP contribution is -2.50. The molecule has 1 saturated heterocycles. The van der Waals surface area contributed by atoms with Crippen molar-refractivity contribution in [3.05, 3.63) is 92.8 Å². The van der Waals surface area contributed by atoms with Gasteiger partial charge in [-0.15, -0.1) is 0 Å². The van der Waals surface area contributed by atoms with Crippen LogP contribution in [-0.2, 0) is 27.2 Å². The summed E-state index contributed by atoms with van der Waals surface area (Å²) in [5.41, 5.74) is 12.9. The van der Waals surface area contributed by atoms with Gasteiger partial charge in [-0.1, -0.05) is 76.6 Å². The summed E-state index contributed by atoms with van der Waals surface area (Å²) in [6.45, 7) is 15.1. The van der Waals surface area contributed by atoms with Crippen molar-refractivity contribution in [2.24, 2.45) is 17.3 Å². The Morgan fingerprint density at radius 3 is 2.32 bits per heavy atom. The van der Waals surface area contributed by atoms with E-state index in [-0.39, 0.29) is 18.3 Å². The molecule has 0 radical (unpaired) electrons. The maximum absolute atomic E-state index is 11.9. The second-order valence-electron chi connectivity index (χ2n) is 16.3. The Morgan fingerprint density at radius 2 is 1.70 bits per heavy atom. The van der Waals surface area contributed by atoms with Gasteiger partial charge in [-0.2, -0.15) is 0 Å². The molecule has 50 heavy (non-hydrogen) atoms. The molecule has 1 unspecified atom stereocenters. The number of aliphatic carboxylic acids is 1. The molecule has 2 heterocycles. The number of allylic oxidation sites excluding steroid dienone is 3. The molecular formula is C43H51ClN2O4. The zero-order chi connectivity index (χ0) is 35.9. The first-order valence-electron chi connectivity index (χ1n) is 18.1. The maximum Gasteiger partial charge on any atom is 0.308 e. The number of benzene rings is 2. The standard InChI is InChI=1S/C38H39ClN2O4.C5H12/c1-21-12-26-14-25(17-33(26)36(31(21)19-35(42)43)24-4-6-29(39)7-5-24)28-18-34-32(13-22(2)37(34)40-20-28)23-8-10-41(11-9-23)30-15-27(16-30)38(44)45-3;1-5(2,3)4/h4-7,12-14,18,20,22-23,27,30H,8-11,15-17,19H2,1-3H3,(H,42,43);1-4H3. The summed E-state index contributed by atoms with van der Waals surface area (Å²) in [6, 6.07) is 12.7. The Kier molecular flexibility index (Phi) is 10.4. The summed E-state index contributed by atoms with van der Waals surface area (Å²) in [7, 11) is 1.48. The van der Waals surface area contributed by atoms with E-state index < -0.39 is 5.97 Å². The SMILES string of the molecule is CC(C)(C)C.COC(=O)C1CC(N2CCC(C3=CC(C)c4ncc(C5=Cc6cc(C)c(CC(=O)O)c(-c7ccc(Cl)cc7)c6C5)cc43)CC2)C1. The van der Waals surface area contributed by atoms with E-state index in [0.29, 0.717) is 28.3 Å². The Morgan fingerprint density at radius 1 is 1.04 bits per heavy atom. The molecule has 0 amide bonds. The minimum atomic E-state index is -0.834. The highest BCUT2D eigenvalue weighted by atomic mass is 35.5. The normalized spacial score (nSPS) is 21.6. The number of fused-ring (bicyclic) bond motifs is 2. The van der Waals surface area contributed by atoms with Crippen molar-refractivity contribution >= 4 is 40.8 Å². The molecule has 3 aromatic rings. The number of rotatable bonds is 7. The fourth-order valence-corrected chi connectivity index (χ4v) is 8.19.